The SMILES string of the molecule is CN=C(NCCCOCC1CCOCC1)NCc1cccc(OCC(F)(F)F)c1. The average molecular weight is 417 g/mol. The highest BCUT2D eigenvalue weighted by molar-refractivity contribution is 5.79. The minimum Gasteiger partial charge on any atom is -0.484 e. The van der Waals surface area contributed by atoms with Gasteiger partial charge in [-0.2, -0.15) is 13.2 Å². The third-order valence-electron chi connectivity index (χ3n) is 4.44. The lowest BCUT2D eigenvalue weighted by Crippen LogP contribution is -2.37. The molecule has 29 heavy (non-hydrogen) atoms. The number of rotatable bonds is 10. The topological polar surface area (TPSA) is 64.1 Å². The summed E-state index contributed by atoms with van der Waals surface area (Å²) in [6, 6.07) is 6.55. The Morgan fingerprint density at radius 3 is 2.76 bits per heavy atom. The number of nitrogens with zero attached hydrogens (tertiary/aromatic N) is 1. The predicted molar refractivity (Wildman–Crippen MR) is 105 cm³/mol. The van der Waals surface area contributed by atoms with Crippen molar-refractivity contribution < 1.29 is 27.4 Å². The van der Waals surface area contributed by atoms with Crippen LogP contribution in [-0.4, -0.2) is 58.8 Å². The molecule has 0 aliphatic carbocycles. The summed E-state index contributed by atoms with van der Waals surface area (Å²) < 4.78 is 52.6. The lowest BCUT2D eigenvalue weighted by molar-refractivity contribution is -0.153. The van der Waals surface area contributed by atoms with Crippen molar-refractivity contribution in [1.29, 1.82) is 0 Å². The molecule has 9 heteroatoms. The van der Waals surface area contributed by atoms with Gasteiger partial charge in [0, 0.05) is 46.6 Å². The zero-order valence-corrected chi connectivity index (χ0v) is 16.8. The van der Waals surface area contributed by atoms with Crippen LogP contribution in [0.15, 0.2) is 29.3 Å². The Morgan fingerprint density at radius 2 is 2.03 bits per heavy atom. The average Bonchev–Trinajstić information content (AvgIpc) is 2.72. The van der Waals surface area contributed by atoms with Gasteiger partial charge in [-0.25, -0.2) is 0 Å². The van der Waals surface area contributed by atoms with E-state index in [-0.39, 0.29) is 5.75 Å². The largest absolute Gasteiger partial charge is 0.484 e. The first-order valence-corrected chi connectivity index (χ1v) is 9.85. The van der Waals surface area contributed by atoms with E-state index in [0.29, 0.717) is 31.6 Å². The molecular weight excluding hydrogens is 387 g/mol. The van der Waals surface area contributed by atoms with Gasteiger partial charge in [0.15, 0.2) is 12.6 Å². The first-order valence-electron chi connectivity index (χ1n) is 9.85. The number of nitrogens with one attached hydrogen (secondary N) is 2. The zero-order chi connectivity index (χ0) is 21.0. The zero-order valence-electron chi connectivity index (χ0n) is 16.8. The van der Waals surface area contributed by atoms with Crippen molar-refractivity contribution in [3.05, 3.63) is 29.8 Å². The molecule has 1 aliphatic heterocycles. The van der Waals surface area contributed by atoms with E-state index in [9.17, 15) is 13.2 Å². The van der Waals surface area contributed by atoms with Crippen molar-refractivity contribution in [2.24, 2.45) is 10.9 Å². The van der Waals surface area contributed by atoms with Crippen LogP contribution in [0.5, 0.6) is 5.75 Å². The molecule has 1 heterocycles. The summed E-state index contributed by atoms with van der Waals surface area (Å²) in [5, 5.41) is 6.33. The highest BCUT2D eigenvalue weighted by Crippen LogP contribution is 2.19. The molecule has 1 aliphatic rings. The number of guanidine groups is 1. The maximum absolute atomic E-state index is 12.3. The minimum absolute atomic E-state index is 0.186. The second kappa shape index (κ2) is 12.5. The van der Waals surface area contributed by atoms with Gasteiger partial charge >= 0.3 is 6.18 Å². The Morgan fingerprint density at radius 1 is 1.24 bits per heavy atom. The molecule has 0 radical (unpaired) electrons. The smallest absolute Gasteiger partial charge is 0.422 e. The van der Waals surface area contributed by atoms with Crippen molar-refractivity contribution in [1.82, 2.24) is 10.6 Å². The molecule has 0 saturated carbocycles. The van der Waals surface area contributed by atoms with Gasteiger partial charge in [0.05, 0.1) is 0 Å². The van der Waals surface area contributed by atoms with Gasteiger partial charge in [0.25, 0.3) is 0 Å². The molecule has 0 amide bonds. The van der Waals surface area contributed by atoms with Crippen molar-refractivity contribution in [2.75, 3.05) is 46.6 Å². The van der Waals surface area contributed by atoms with E-state index in [4.69, 9.17) is 14.2 Å². The van der Waals surface area contributed by atoms with Gasteiger partial charge in [-0.05, 0) is 42.9 Å². The maximum Gasteiger partial charge on any atom is 0.422 e. The van der Waals surface area contributed by atoms with Crippen molar-refractivity contribution in [3.63, 3.8) is 0 Å². The summed E-state index contributed by atoms with van der Waals surface area (Å²) in [4.78, 5) is 4.15. The summed E-state index contributed by atoms with van der Waals surface area (Å²) in [6.07, 6.45) is -1.37. The molecule has 1 saturated heterocycles. The highest BCUT2D eigenvalue weighted by atomic mass is 19.4. The van der Waals surface area contributed by atoms with Gasteiger partial charge < -0.3 is 24.8 Å². The summed E-state index contributed by atoms with van der Waals surface area (Å²) in [7, 11) is 1.67. The highest BCUT2D eigenvalue weighted by Gasteiger charge is 2.28. The lowest BCUT2D eigenvalue weighted by Gasteiger charge is -2.21. The molecule has 0 atom stereocenters. The fraction of sp³-hybridized carbons (Fsp3) is 0.650. The number of alkyl halides is 3. The van der Waals surface area contributed by atoms with Crippen LogP contribution < -0.4 is 15.4 Å². The van der Waals surface area contributed by atoms with Crippen LogP contribution in [0.1, 0.15) is 24.8 Å². The van der Waals surface area contributed by atoms with Crippen molar-refractivity contribution in [2.45, 2.75) is 32.0 Å². The Balaban J connectivity index is 1.60. The van der Waals surface area contributed by atoms with Gasteiger partial charge in [0.1, 0.15) is 5.75 Å². The molecule has 0 bridgehead atoms. The standard InChI is InChI=1S/C20H30F3N3O3/c1-24-19(25-8-3-9-28-14-16-6-10-27-11-7-16)26-13-17-4-2-5-18(12-17)29-15-20(21,22)23/h2,4-5,12,16H,3,6-11,13-15H2,1H3,(H2,24,25,26). The van der Waals surface area contributed by atoms with Gasteiger partial charge in [0.2, 0.25) is 0 Å². The summed E-state index contributed by atoms with van der Waals surface area (Å²) in [5.41, 5.74) is 0.799. The van der Waals surface area contributed by atoms with Crippen LogP contribution in [0.25, 0.3) is 0 Å². The third kappa shape index (κ3) is 10.4. The van der Waals surface area contributed by atoms with Crippen LogP contribution >= 0.6 is 0 Å². The summed E-state index contributed by atoms with van der Waals surface area (Å²) in [6.45, 7) is 2.95. The molecule has 1 aromatic rings. The third-order valence-corrected chi connectivity index (χ3v) is 4.44. The maximum atomic E-state index is 12.3. The first-order chi connectivity index (χ1) is 14.0. The number of aliphatic imine (C=N–C) groups is 1. The van der Waals surface area contributed by atoms with Crippen LogP contribution in [0, 0.1) is 5.92 Å². The van der Waals surface area contributed by atoms with E-state index in [1.807, 2.05) is 6.07 Å². The Kier molecular flexibility index (Phi) is 10.1. The van der Waals surface area contributed by atoms with Gasteiger partial charge in [-0.3, -0.25) is 4.99 Å². The summed E-state index contributed by atoms with van der Waals surface area (Å²) >= 11 is 0. The van der Waals surface area contributed by atoms with E-state index < -0.39 is 12.8 Å². The van der Waals surface area contributed by atoms with E-state index >= 15 is 0 Å². The number of benzene rings is 1. The van der Waals surface area contributed by atoms with E-state index in [1.54, 1.807) is 19.2 Å². The van der Waals surface area contributed by atoms with E-state index in [0.717, 1.165) is 44.6 Å². The van der Waals surface area contributed by atoms with Gasteiger partial charge in [-0.1, -0.05) is 12.1 Å². The Labute approximate surface area is 169 Å². The Bertz CT molecular complexity index is 620. The monoisotopic (exact) mass is 417 g/mol. The lowest BCUT2D eigenvalue weighted by atomic mass is 10.0. The molecule has 2 N–H and O–H groups in total. The molecule has 0 unspecified atom stereocenters. The fourth-order valence-electron chi connectivity index (χ4n) is 2.86. The Hall–Kier alpha value is -2.00. The summed E-state index contributed by atoms with van der Waals surface area (Å²) in [5.74, 6) is 1.41. The first kappa shape index (κ1) is 23.3. The molecular formula is C20H30F3N3O3. The normalized spacial score (nSPS) is 15.9. The fourth-order valence-corrected chi connectivity index (χ4v) is 2.86. The predicted octanol–water partition coefficient (Wildman–Crippen LogP) is 3.13. The molecule has 164 valence electrons. The van der Waals surface area contributed by atoms with Crippen molar-refractivity contribution >= 4 is 5.96 Å². The molecule has 0 spiro atoms. The molecule has 0 aromatic heterocycles. The van der Waals surface area contributed by atoms with Gasteiger partial charge in [-0.15, -0.1) is 0 Å². The second-order valence-corrected chi connectivity index (χ2v) is 6.89. The number of hydrogen-bond donors (Lipinski definition) is 2. The van der Waals surface area contributed by atoms with Crippen LogP contribution in [0.2, 0.25) is 0 Å². The quantitative estimate of drug-likeness (QED) is 0.348. The van der Waals surface area contributed by atoms with E-state index in [1.165, 1.54) is 6.07 Å². The number of halogens is 3. The molecule has 6 nitrogen and oxygen atoms in total. The van der Waals surface area contributed by atoms with E-state index in [2.05, 4.69) is 15.6 Å². The molecule has 1 fully saturated rings. The second-order valence-electron chi connectivity index (χ2n) is 6.89. The minimum atomic E-state index is -4.35. The van der Waals surface area contributed by atoms with Crippen LogP contribution in [0.4, 0.5) is 13.2 Å². The van der Waals surface area contributed by atoms with Crippen LogP contribution in [-0.2, 0) is 16.0 Å². The number of ether oxygens (including phenoxy) is 3. The molecule has 2 rings (SSSR count). The molecule has 1 aromatic carbocycles. The van der Waals surface area contributed by atoms with Crippen molar-refractivity contribution in [3.8, 4) is 5.75 Å². The van der Waals surface area contributed by atoms with Crippen LogP contribution in [0.3, 0.4) is 0 Å². The number of hydrogen-bond acceptors (Lipinski definition) is 4.